The molecule has 1 N–H and O–H groups in total. The van der Waals surface area contributed by atoms with Gasteiger partial charge in [-0.25, -0.2) is 13.4 Å². The maximum absolute atomic E-state index is 11.6. The Kier molecular flexibility index (Phi) is 4.94. The smallest absolute Gasteiger partial charge is 0.272 e. The molecule has 1 aromatic heterocycles. The number of anilines is 1. The van der Waals surface area contributed by atoms with Gasteiger partial charge < -0.3 is 4.74 Å². The van der Waals surface area contributed by atoms with Crippen LogP contribution in [0.2, 0.25) is 0 Å². The molecule has 19 heavy (non-hydrogen) atoms. The minimum Gasteiger partial charge on any atom is -0.366 e. The molecule has 0 aliphatic heterocycles. The molecule has 0 unspecified atom stereocenters. The molecule has 0 radical (unpaired) electrons. The number of thiazole rings is 1. The van der Waals surface area contributed by atoms with Crippen molar-refractivity contribution in [3.05, 3.63) is 5.69 Å². The third kappa shape index (κ3) is 5.43. The number of ether oxygens (including phenoxy) is 1. The molecule has 1 aromatic rings. The topological polar surface area (TPSA) is 85.4 Å². The normalized spacial score (nSPS) is 12.5. The number of nitrogens with zero attached hydrogens (tertiary/aromatic N) is 1. The first-order chi connectivity index (χ1) is 8.49. The number of carbonyl (C=O) groups excluding carboxylic acids is 1. The van der Waals surface area contributed by atoms with Crippen LogP contribution in [0.4, 0.5) is 5.13 Å². The van der Waals surface area contributed by atoms with Crippen molar-refractivity contribution >= 4 is 42.1 Å². The van der Waals surface area contributed by atoms with Crippen molar-refractivity contribution in [3.8, 4) is 0 Å². The molecule has 0 aromatic carbocycles. The summed E-state index contributed by atoms with van der Waals surface area (Å²) in [4.78, 5) is 15.5. The lowest BCUT2D eigenvalue weighted by molar-refractivity contribution is -0.125. The fourth-order valence-corrected chi connectivity index (χ4v) is 3.47. The molecule has 1 amide bonds. The van der Waals surface area contributed by atoms with Crippen LogP contribution in [0.3, 0.4) is 0 Å². The Morgan fingerprint density at radius 3 is 2.47 bits per heavy atom. The second-order valence-electron chi connectivity index (χ2n) is 4.78. The van der Waals surface area contributed by atoms with Gasteiger partial charge in [0, 0.05) is 10.7 Å². The van der Waals surface area contributed by atoms with E-state index in [1.807, 2.05) is 20.8 Å². The minimum atomic E-state index is -3.84. The van der Waals surface area contributed by atoms with E-state index in [1.165, 1.54) is 6.92 Å². The van der Waals surface area contributed by atoms with Crippen molar-refractivity contribution in [2.45, 2.75) is 37.5 Å². The molecule has 0 saturated heterocycles. The quantitative estimate of drug-likeness (QED) is 0.857. The second kappa shape index (κ2) is 5.74. The SMILES string of the molecule is Cc1nc(NC(=O)COC(C)(C)C)sc1S(=O)(=O)Cl. The Hall–Kier alpha value is -0.700. The molecule has 0 bridgehead atoms. The molecule has 9 heteroatoms. The van der Waals surface area contributed by atoms with Crippen LogP contribution in [0.25, 0.3) is 0 Å². The van der Waals surface area contributed by atoms with Crippen LogP contribution in [0, 0.1) is 6.92 Å². The Bertz CT molecular complexity index is 575. The molecule has 0 atom stereocenters. The van der Waals surface area contributed by atoms with E-state index in [1.54, 1.807) is 0 Å². The van der Waals surface area contributed by atoms with Crippen LogP contribution < -0.4 is 5.32 Å². The number of aryl methyl sites for hydroxylation is 1. The summed E-state index contributed by atoms with van der Waals surface area (Å²) >= 11 is 0.810. The molecule has 0 saturated carbocycles. The van der Waals surface area contributed by atoms with Gasteiger partial charge in [0.2, 0.25) is 0 Å². The molecule has 0 fully saturated rings. The first-order valence-electron chi connectivity index (χ1n) is 5.35. The Morgan fingerprint density at radius 2 is 2.05 bits per heavy atom. The number of halogens is 1. The van der Waals surface area contributed by atoms with Crippen molar-refractivity contribution < 1.29 is 17.9 Å². The largest absolute Gasteiger partial charge is 0.366 e. The van der Waals surface area contributed by atoms with Crippen LogP contribution in [-0.2, 0) is 18.6 Å². The third-order valence-electron chi connectivity index (χ3n) is 1.86. The highest BCUT2D eigenvalue weighted by molar-refractivity contribution is 8.15. The third-order valence-corrected chi connectivity index (χ3v) is 5.11. The van der Waals surface area contributed by atoms with Gasteiger partial charge in [0.25, 0.3) is 15.0 Å². The zero-order valence-electron chi connectivity index (χ0n) is 11.0. The molecule has 1 rings (SSSR count). The van der Waals surface area contributed by atoms with Gasteiger partial charge in [-0.15, -0.1) is 0 Å². The lowest BCUT2D eigenvalue weighted by atomic mass is 10.2. The van der Waals surface area contributed by atoms with E-state index in [-0.39, 0.29) is 21.6 Å². The van der Waals surface area contributed by atoms with E-state index in [0.717, 1.165) is 11.3 Å². The number of amides is 1. The molecule has 0 aliphatic rings. The Labute approximate surface area is 120 Å². The van der Waals surface area contributed by atoms with Crippen LogP contribution in [0.15, 0.2) is 4.21 Å². The van der Waals surface area contributed by atoms with Gasteiger partial charge in [-0.2, -0.15) is 0 Å². The van der Waals surface area contributed by atoms with E-state index in [9.17, 15) is 13.2 Å². The highest BCUT2D eigenvalue weighted by Gasteiger charge is 2.20. The molecule has 0 aliphatic carbocycles. The Morgan fingerprint density at radius 1 is 1.47 bits per heavy atom. The van der Waals surface area contributed by atoms with Gasteiger partial charge >= 0.3 is 0 Å². The summed E-state index contributed by atoms with van der Waals surface area (Å²) < 4.78 is 27.6. The van der Waals surface area contributed by atoms with Crippen molar-refractivity contribution in [2.75, 3.05) is 11.9 Å². The molecule has 6 nitrogen and oxygen atoms in total. The molecule has 108 valence electrons. The lowest BCUT2D eigenvalue weighted by Crippen LogP contribution is -2.27. The highest BCUT2D eigenvalue weighted by Crippen LogP contribution is 2.29. The minimum absolute atomic E-state index is 0.0683. The molecular weight excluding hydrogens is 312 g/mol. The van der Waals surface area contributed by atoms with Gasteiger partial charge in [-0.1, -0.05) is 11.3 Å². The summed E-state index contributed by atoms with van der Waals surface area (Å²) in [5, 5.41) is 2.65. The van der Waals surface area contributed by atoms with Crippen molar-refractivity contribution in [3.63, 3.8) is 0 Å². The van der Waals surface area contributed by atoms with Crippen LogP contribution in [0.1, 0.15) is 26.5 Å². The first kappa shape index (κ1) is 16.4. The molecule has 1 heterocycles. The first-order valence-corrected chi connectivity index (χ1v) is 8.47. The number of carbonyl (C=O) groups is 1. The van der Waals surface area contributed by atoms with E-state index < -0.39 is 20.6 Å². The average Bonchev–Trinajstić information content (AvgIpc) is 2.55. The summed E-state index contributed by atoms with van der Waals surface area (Å²) in [7, 11) is 1.40. The summed E-state index contributed by atoms with van der Waals surface area (Å²) in [6.07, 6.45) is 0. The fourth-order valence-electron chi connectivity index (χ4n) is 1.10. The van der Waals surface area contributed by atoms with Crippen LogP contribution in [-0.4, -0.2) is 31.5 Å². The fraction of sp³-hybridized carbons (Fsp3) is 0.600. The zero-order chi connectivity index (χ0) is 14.8. The van der Waals surface area contributed by atoms with Gasteiger partial charge in [0.05, 0.1) is 11.3 Å². The van der Waals surface area contributed by atoms with Gasteiger partial charge in [0.1, 0.15) is 6.61 Å². The predicted octanol–water partition coefficient (Wildman–Crippen LogP) is 2.13. The number of hydrogen-bond donors (Lipinski definition) is 1. The summed E-state index contributed by atoms with van der Waals surface area (Å²) in [5.74, 6) is -0.401. The summed E-state index contributed by atoms with van der Waals surface area (Å²) in [6, 6.07) is 0. The monoisotopic (exact) mass is 326 g/mol. The van der Waals surface area contributed by atoms with E-state index >= 15 is 0 Å². The standard InChI is InChI=1S/C10H15ClN2O4S2/c1-6-8(19(11,15)16)18-9(12-6)13-7(14)5-17-10(2,3)4/h5H2,1-4H3,(H,12,13,14). The lowest BCUT2D eigenvalue weighted by Gasteiger charge is -2.18. The predicted molar refractivity (Wildman–Crippen MR) is 74.2 cm³/mol. The Balaban J connectivity index is 2.71. The highest BCUT2D eigenvalue weighted by atomic mass is 35.7. The van der Waals surface area contributed by atoms with Crippen molar-refractivity contribution in [2.24, 2.45) is 0 Å². The van der Waals surface area contributed by atoms with Crippen molar-refractivity contribution in [1.82, 2.24) is 4.98 Å². The van der Waals surface area contributed by atoms with Gasteiger partial charge in [-0.05, 0) is 27.7 Å². The summed E-state index contributed by atoms with van der Waals surface area (Å²) in [6.45, 7) is 6.85. The average molecular weight is 327 g/mol. The van der Waals surface area contributed by atoms with Gasteiger partial charge in [0.15, 0.2) is 9.34 Å². The maximum Gasteiger partial charge on any atom is 0.272 e. The number of rotatable bonds is 4. The molecular formula is C10H15ClN2O4S2. The molecule has 0 spiro atoms. The zero-order valence-corrected chi connectivity index (χ0v) is 13.4. The number of hydrogen-bond acceptors (Lipinski definition) is 6. The maximum atomic E-state index is 11.6. The van der Waals surface area contributed by atoms with Crippen molar-refractivity contribution in [1.29, 1.82) is 0 Å². The van der Waals surface area contributed by atoms with Crippen LogP contribution in [0.5, 0.6) is 0 Å². The second-order valence-corrected chi connectivity index (χ2v) is 8.54. The van der Waals surface area contributed by atoms with E-state index in [0.29, 0.717) is 0 Å². The van der Waals surface area contributed by atoms with E-state index in [4.69, 9.17) is 15.4 Å². The number of nitrogens with one attached hydrogen (secondary N) is 1. The number of aromatic nitrogens is 1. The summed E-state index contributed by atoms with van der Waals surface area (Å²) in [5.41, 5.74) is -0.173. The van der Waals surface area contributed by atoms with Crippen LogP contribution >= 0.6 is 22.0 Å². The van der Waals surface area contributed by atoms with Gasteiger partial charge in [-0.3, -0.25) is 10.1 Å². The van der Waals surface area contributed by atoms with E-state index in [2.05, 4.69) is 10.3 Å².